The van der Waals surface area contributed by atoms with Crippen molar-refractivity contribution >= 4 is 39.5 Å². The van der Waals surface area contributed by atoms with Crippen LogP contribution in [0.2, 0.25) is 0 Å². The molecular weight excluding hydrogens is 1200 g/mol. The minimum absolute atomic E-state index is 0.104. The molecule has 0 spiro atoms. The highest BCUT2D eigenvalue weighted by molar-refractivity contribution is 7.47. The van der Waals surface area contributed by atoms with Gasteiger partial charge in [0.2, 0.25) is 0 Å². The van der Waals surface area contributed by atoms with Gasteiger partial charge < -0.3 is 33.8 Å². The lowest BCUT2D eigenvalue weighted by Gasteiger charge is -2.21. The van der Waals surface area contributed by atoms with Crippen molar-refractivity contribution in [3.8, 4) is 0 Å². The van der Waals surface area contributed by atoms with Crippen LogP contribution in [0.3, 0.4) is 0 Å². The first-order chi connectivity index (χ1) is 44.1. The number of phosphoric acid groups is 2. The van der Waals surface area contributed by atoms with Crippen molar-refractivity contribution in [1.29, 1.82) is 0 Å². The van der Waals surface area contributed by atoms with Crippen molar-refractivity contribution in [3.05, 3.63) is 0 Å². The molecule has 0 rings (SSSR count). The summed E-state index contributed by atoms with van der Waals surface area (Å²) in [4.78, 5) is 72.4. The molecule has 0 aromatic heterocycles. The van der Waals surface area contributed by atoms with Gasteiger partial charge in [0.05, 0.1) is 26.4 Å². The molecular formula is C72H140O17P2. The van der Waals surface area contributed by atoms with E-state index in [2.05, 4.69) is 34.6 Å². The molecule has 17 nitrogen and oxygen atoms in total. The van der Waals surface area contributed by atoms with Crippen molar-refractivity contribution < 1.29 is 80.2 Å². The fourth-order valence-corrected chi connectivity index (χ4v) is 12.5. The van der Waals surface area contributed by atoms with Gasteiger partial charge in [-0.15, -0.1) is 0 Å². The summed E-state index contributed by atoms with van der Waals surface area (Å²) in [5.41, 5.74) is 0. The van der Waals surface area contributed by atoms with Crippen LogP contribution in [0.5, 0.6) is 0 Å². The van der Waals surface area contributed by atoms with Gasteiger partial charge in [0.1, 0.15) is 19.3 Å². The zero-order chi connectivity index (χ0) is 67.0. The number of rotatable bonds is 72. The van der Waals surface area contributed by atoms with Crippen LogP contribution in [0.4, 0.5) is 0 Å². The number of ether oxygens (including phenoxy) is 4. The molecule has 6 atom stereocenters. The number of aliphatic hydroxyl groups excluding tert-OH is 1. The molecule has 19 heteroatoms. The average molecular weight is 1340 g/mol. The van der Waals surface area contributed by atoms with Crippen molar-refractivity contribution in [1.82, 2.24) is 0 Å². The number of phosphoric ester groups is 2. The molecule has 3 N–H and O–H groups in total. The Morgan fingerprint density at radius 1 is 0.308 bits per heavy atom. The highest BCUT2D eigenvalue weighted by Crippen LogP contribution is 2.45. The maximum Gasteiger partial charge on any atom is 0.472 e. The summed E-state index contributed by atoms with van der Waals surface area (Å²) in [7, 11) is -9.89. The van der Waals surface area contributed by atoms with Crippen LogP contribution in [0.25, 0.3) is 0 Å². The Labute approximate surface area is 556 Å². The quantitative estimate of drug-likeness (QED) is 0.0222. The maximum absolute atomic E-state index is 13.0. The van der Waals surface area contributed by atoms with E-state index in [1.807, 2.05) is 0 Å². The first kappa shape index (κ1) is 89.1. The first-order valence-corrected chi connectivity index (χ1v) is 40.7. The molecule has 3 unspecified atom stereocenters. The Bertz CT molecular complexity index is 1760. The molecule has 0 heterocycles. The van der Waals surface area contributed by atoms with Gasteiger partial charge in [-0.2, -0.15) is 0 Å². The summed E-state index contributed by atoms with van der Waals surface area (Å²) in [6.45, 7) is 7.17. The minimum atomic E-state index is -4.95. The molecule has 0 fully saturated rings. The lowest BCUT2D eigenvalue weighted by Crippen LogP contribution is -2.30. The van der Waals surface area contributed by atoms with Crippen molar-refractivity contribution in [2.45, 2.75) is 393 Å². The van der Waals surface area contributed by atoms with Crippen molar-refractivity contribution in [2.75, 3.05) is 39.6 Å². The fraction of sp³-hybridized carbons (Fsp3) is 0.944. The van der Waals surface area contributed by atoms with Crippen LogP contribution in [-0.4, -0.2) is 96.7 Å². The second kappa shape index (κ2) is 65.4. The Kier molecular flexibility index (Phi) is 64.0. The molecule has 0 aliphatic rings. The van der Waals surface area contributed by atoms with E-state index in [1.54, 1.807) is 0 Å². The number of hydrogen-bond donors (Lipinski definition) is 3. The van der Waals surface area contributed by atoms with Gasteiger partial charge in [0.15, 0.2) is 12.2 Å². The van der Waals surface area contributed by atoms with Gasteiger partial charge in [-0.3, -0.25) is 37.3 Å². The number of hydrogen-bond acceptors (Lipinski definition) is 15. The van der Waals surface area contributed by atoms with Gasteiger partial charge in [-0.1, -0.05) is 324 Å². The molecule has 0 saturated heterocycles. The van der Waals surface area contributed by atoms with Crippen molar-refractivity contribution in [2.24, 2.45) is 5.92 Å². The summed E-state index contributed by atoms with van der Waals surface area (Å²) < 4.78 is 68.2. The van der Waals surface area contributed by atoms with Gasteiger partial charge in [0, 0.05) is 25.7 Å². The molecule has 540 valence electrons. The normalized spacial score (nSPS) is 14.3. The SMILES string of the molecule is CCCCCCCCCCCCCCCCCCCCCC(=O)O[C@H](COC(=O)CCCCCCCCCCCCCCCCC)COP(=O)(O)OC[C@@H](O)COP(=O)(O)OC[C@@H](COC(=O)CCCCCCC)OC(=O)CCCCCCCCCCC(C)CC. The molecule has 0 aromatic carbocycles. The van der Waals surface area contributed by atoms with Crippen LogP contribution in [0.1, 0.15) is 375 Å². The molecule has 0 aromatic rings. The van der Waals surface area contributed by atoms with E-state index in [0.717, 1.165) is 102 Å². The van der Waals surface area contributed by atoms with E-state index in [0.29, 0.717) is 25.7 Å². The summed E-state index contributed by atoms with van der Waals surface area (Å²) >= 11 is 0. The van der Waals surface area contributed by atoms with Crippen molar-refractivity contribution in [3.63, 3.8) is 0 Å². The molecule has 0 amide bonds. The van der Waals surface area contributed by atoms with Crippen LogP contribution in [0.15, 0.2) is 0 Å². The van der Waals surface area contributed by atoms with Crippen LogP contribution in [-0.2, 0) is 65.4 Å². The summed E-state index contributed by atoms with van der Waals surface area (Å²) in [5, 5.41) is 10.6. The monoisotopic (exact) mass is 1340 g/mol. The van der Waals surface area contributed by atoms with Gasteiger partial charge in [0.25, 0.3) is 0 Å². The Morgan fingerprint density at radius 2 is 0.527 bits per heavy atom. The third-order valence-electron chi connectivity index (χ3n) is 17.1. The number of aliphatic hydroxyl groups is 1. The molecule has 0 radical (unpaired) electrons. The van der Waals surface area contributed by atoms with E-state index >= 15 is 0 Å². The van der Waals surface area contributed by atoms with Crippen LogP contribution in [0, 0.1) is 5.92 Å². The van der Waals surface area contributed by atoms with E-state index in [1.165, 1.54) is 193 Å². The Hall–Kier alpha value is -1.94. The lowest BCUT2D eigenvalue weighted by atomic mass is 9.99. The standard InChI is InChI=1S/C72H140O17P2/c1-6-10-13-16-18-20-22-24-26-27-28-29-31-33-35-37-42-47-52-57-71(76)89-68(62-83-70(75)56-51-46-41-36-34-32-30-25-23-21-19-17-14-11-7-2)64-87-91(80,81)85-60-66(73)59-84-90(78,79)86-63-67(61-82-69(74)55-50-44-15-12-8-3)88-72(77)58-53-48-43-39-38-40-45-49-54-65(5)9-4/h65-68,73H,6-64H2,1-5H3,(H,78,79)(H,80,81)/t65?,66-,67+,68+/m0/s1. The van der Waals surface area contributed by atoms with Crippen LogP contribution >= 0.6 is 15.6 Å². The summed E-state index contributed by atoms with van der Waals surface area (Å²) in [6.07, 6.45) is 53.1. The molecule has 0 aliphatic carbocycles. The van der Waals surface area contributed by atoms with Gasteiger partial charge >= 0.3 is 39.5 Å². The third kappa shape index (κ3) is 65.1. The van der Waals surface area contributed by atoms with Gasteiger partial charge in [-0.25, -0.2) is 9.13 Å². The van der Waals surface area contributed by atoms with E-state index < -0.39 is 97.5 Å². The average Bonchev–Trinajstić information content (AvgIpc) is 3.71. The summed E-state index contributed by atoms with van der Waals surface area (Å²) in [6, 6.07) is 0. The Morgan fingerprint density at radius 3 is 0.780 bits per heavy atom. The highest BCUT2D eigenvalue weighted by Gasteiger charge is 2.30. The second-order valence-electron chi connectivity index (χ2n) is 26.2. The van der Waals surface area contributed by atoms with E-state index in [-0.39, 0.29) is 25.7 Å². The predicted molar refractivity (Wildman–Crippen MR) is 368 cm³/mol. The topological polar surface area (TPSA) is 237 Å². The third-order valence-corrected chi connectivity index (χ3v) is 19.0. The predicted octanol–water partition coefficient (Wildman–Crippen LogP) is 20.9. The summed E-state index contributed by atoms with van der Waals surface area (Å²) in [5.74, 6) is -1.36. The Balaban J connectivity index is 5.15. The van der Waals surface area contributed by atoms with Gasteiger partial charge in [-0.05, 0) is 31.6 Å². The number of esters is 4. The van der Waals surface area contributed by atoms with E-state index in [9.17, 15) is 43.2 Å². The molecule has 91 heavy (non-hydrogen) atoms. The number of carbonyl (C=O) groups excluding carboxylic acids is 4. The largest absolute Gasteiger partial charge is 0.472 e. The maximum atomic E-state index is 13.0. The second-order valence-corrected chi connectivity index (χ2v) is 29.1. The molecule has 0 saturated carbocycles. The molecule has 0 aliphatic heterocycles. The smallest absolute Gasteiger partial charge is 0.462 e. The first-order valence-electron chi connectivity index (χ1n) is 37.7. The molecule has 0 bridgehead atoms. The lowest BCUT2D eigenvalue weighted by molar-refractivity contribution is -0.161. The fourth-order valence-electron chi connectivity index (χ4n) is 11.0. The minimum Gasteiger partial charge on any atom is -0.462 e. The van der Waals surface area contributed by atoms with Crippen LogP contribution < -0.4 is 0 Å². The highest BCUT2D eigenvalue weighted by atomic mass is 31.2. The zero-order valence-corrected chi connectivity index (χ0v) is 60.8. The number of unbranched alkanes of at least 4 members (excludes halogenated alkanes) is 43. The van der Waals surface area contributed by atoms with E-state index in [4.69, 9.17) is 37.0 Å². The number of carbonyl (C=O) groups is 4. The zero-order valence-electron chi connectivity index (χ0n) is 59.0.